The summed E-state index contributed by atoms with van der Waals surface area (Å²) in [6, 6.07) is 10.6. The highest BCUT2D eigenvalue weighted by Crippen LogP contribution is 2.33. The van der Waals surface area contributed by atoms with Crippen LogP contribution in [0.15, 0.2) is 65.7 Å². The molecule has 0 spiro atoms. The molecule has 0 radical (unpaired) electrons. The lowest BCUT2D eigenvalue weighted by molar-refractivity contribution is 0.0643. The van der Waals surface area contributed by atoms with Crippen LogP contribution in [0.5, 0.6) is 0 Å². The zero-order valence-electron chi connectivity index (χ0n) is 16.7. The minimum atomic E-state index is -0.571. The Kier molecular flexibility index (Phi) is 4.20. The Hall–Kier alpha value is -4.47. The fourth-order valence-corrected chi connectivity index (χ4v) is 3.92. The van der Waals surface area contributed by atoms with Gasteiger partial charge in [-0.25, -0.2) is 15.0 Å². The Morgan fingerprint density at radius 2 is 1.97 bits per heavy atom. The van der Waals surface area contributed by atoms with Crippen LogP contribution in [-0.4, -0.2) is 52.5 Å². The highest BCUT2D eigenvalue weighted by Gasteiger charge is 2.38. The molecule has 1 aliphatic rings. The van der Waals surface area contributed by atoms with Crippen LogP contribution in [0.4, 0.5) is 0 Å². The molecule has 32 heavy (non-hydrogen) atoms. The Morgan fingerprint density at radius 1 is 1.09 bits per heavy atom. The SMILES string of the molecule is O=C(c1nnc(-c2ccncc2)o1)N1CCc2[nH]cnc2[C@@H]1c1ncc2ccccc2n1. The maximum Gasteiger partial charge on any atom is 0.312 e. The first-order chi connectivity index (χ1) is 15.8. The Labute approximate surface area is 181 Å². The molecule has 1 aromatic carbocycles. The summed E-state index contributed by atoms with van der Waals surface area (Å²) in [5, 5.41) is 8.94. The number of carbonyl (C=O) groups is 1. The van der Waals surface area contributed by atoms with Gasteiger partial charge in [-0.3, -0.25) is 9.78 Å². The quantitative estimate of drug-likeness (QED) is 0.468. The predicted octanol–water partition coefficient (Wildman–Crippen LogP) is 2.59. The summed E-state index contributed by atoms with van der Waals surface area (Å²) < 4.78 is 5.70. The van der Waals surface area contributed by atoms with Crippen LogP contribution in [-0.2, 0) is 6.42 Å². The number of hydrogen-bond donors (Lipinski definition) is 1. The third kappa shape index (κ3) is 3.00. The van der Waals surface area contributed by atoms with Gasteiger partial charge in [-0.05, 0) is 18.2 Å². The Bertz CT molecular complexity index is 1430. The predicted molar refractivity (Wildman–Crippen MR) is 112 cm³/mol. The molecule has 0 unspecified atom stereocenters. The molecular weight excluding hydrogens is 408 g/mol. The third-order valence-electron chi connectivity index (χ3n) is 5.47. The van der Waals surface area contributed by atoms with Crippen molar-refractivity contribution in [2.75, 3.05) is 6.54 Å². The van der Waals surface area contributed by atoms with Gasteiger partial charge in [0, 0.05) is 48.2 Å². The minimum absolute atomic E-state index is 0.0958. The Morgan fingerprint density at radius 3 is 2.88 bits per heavy atom. The number of benzene rings is 1. The number of carbonyl (C=O) groups excluding carboxylic acids is 1. The summed E-state index contributed by atoms with van der Waals surface area (Å²) in [6.45, 7) is 0.432. The number of nitrogens with zero attached hydrogens (tertiary/aromatic N) is 7. The zero-order chi connectivity index (χ0) is 21.5. The normalized spacial score (nSPS) is 15.6. The molecule has 0 saturated carbocycles. The van der Waals surface area contributed by atoms with Crippen molar-refractivity contribution in [3.63, 3.8) is 0 Å². The molecule has 5 heterocycles. The van der Waals surface area contributed by atoms with E-state index in [4.69, 9.17) is 9.40 Å². The van der Waals surface area contributed by atoms with Gasteiger partial charge in [0.1, 0.15) is 6.04 Å². The van der Waals surface area contributed by atoms with Crippen molar-refractivity contribution in [2.24, 2.45) is 0 Å². The number of hydrogen-bond acceptors (Lipinski definition) is 8. The van der Waals surface area contributed by atoms with Crippen molar-refractivity contribution in [1.29, 1.82) is 0 Å². The largest absolute Gasteiger partial charge is 0.412 e. The lowest BCUT2D eigenvalue weighted by Gasteiger charge is -2.32. The molecule has 0 bridgehead atoms. The molecular formula is C22H16N8O2. The van der Waals surface area contributed by atoms with Crippen molar-refractivity contribution in [1.82, 2.24) is 40.0 Å². The van der Waals surface area contributed by atoms with Crippen LogP contribution in [0.3, 0.4) is 0 Å². The fraction of sp³-hybridized carbons (Fsp3) is 0.136. The van der Waals surface area contributed by atoms with Crippen molar-refractivity contribution in [3.05, 3.63) is 84.4 Å². The number of para-hydroxylation sites is 1. The summed E-state index contributed by atoms with van der Waals surface area (Å²) in [7, 11) is 0. The lowest BCUT2D eigenvalue weighted by atomic mass is 10.0. The average molecular weight is 424 g/mol. The molecule has 156 valence electrons. The molecule has 6 rings (SSSR count). The number of amides is 1. The molecule has 0 fully saturated rings. The Balaban J connectivity index is 1.40. The number of imidazole rings is 1. The minimum Gasteiger partial charge on any atom is -0.412 e. The second-order valence-corrected chi connectivity index (χ2v) is 7.35. The number of aromatic nitrogens is 7. The number of fused-ring (bicyclic) bond motifs is 2. The van der Waals surface area contributed by atoms with Gasteiger partial charge in [0.25, 0.3) is 0 Å². The molecule has 1 amide bonds. The van der Waals surface area contributed by atoms with E-state index in [1.54, 1.807) is 42.0 Å². The van der Waals surface area contributed by atoms with Crippen molar-refractivity contribution >= 4 is 16.8 Å². The van der Waals surface area contributed by atoms with Crippen molar-refractivity contribution < 1.29 is 9.21 Å². The molecule has 10 heteroatoms. The van der Waals surface area contributed by atoms with Crippen molar-refractivity contribution in [3.8, 4) is 11.5 Å². The topological polar surface area (TPSA) is 127 Å². The van der Waals surface area contributed by atoms with Crippen LogP contribution < -0.4 is 0 Å². The van der Waals surface area contributed by atoms with E-state index in [0.29, 0.717) is 30.0 Å². The van der Waals surface area contributed by atoms with Crippen LogP contribution in [0.1, 0.15) is 33.9 Å². The van der Waals surface area contributed by atoms with Gasteiger partial charge in [0.15, 0.2) is 5.82 Å². The van der Waals surface area contributed by atoms with Gasteiger partial charge in [-0.1, -0.05) is 18.2 Å². The summed E-state index contributed by atoms with van der Waals surface area (Å²) in [5.41, 5.74) is 3.16. The molecule has 4 aromatic heterocycles. The molecule has 1 aliphatic heterocycles. The average Bonchev–Trinajstić information content (AvgIpc) is 3.53. The molecule has 1 atom stereocenters. The summed E-state index contributed by atoms with van der Waals surface area (Å²) in [4.78, 5) is 36.0. The van der Waals surface area contributed by atoms with E-state index in [2.05, 4.69) is 30.1 Å². The van der Waals surface area contributed by atoms with E-state index in [1.807, 2.05) is 24.3 Å². The highest BCUT2D eigenvalue weighted by atomic mass is 16.4. The number of rotatable bonds is 3. The van der Waals surface area contributed by atoms with Crippen LogP contribution in [0.25, 0.3) is 22.4 Å². The number of nitrogens with one attached hydrogen (secondary N) is 1. The lowest BCUT2D eigenvalue weighted by Crippen LogP contribution is -2.41. The molecule has 0 saturated heterocycles. The first-order valence-corrected chi connectivity index (χ1v) is 10.1. The second-order valence-electron chi connectivity index (χ2n) is 7.35. The van der Waals surface area contributed by atoms with E-state index in [9.17, 15) is 4.79 Å². The van der Waals surface area contributed by atoms with Gasteiger partial charge < -0.3 is 14.3 Å². The van der Waals surface area contributed by atoms with Gasteiger partial charge in [0.05, 0.1) is 17.5 Å². The van der Waals surface area contributed by atoms with Crippen LogP contribution >= 0.6 is 0 Å². The fourth-order valence-electron chi connectivity index (χ4n) is 3.92. The van der Waals surface area contributed by atoms with Crippen LogP contribution in [0, 0.1) is 0 Å². The van der Waals surface area contributed by atoms with Crippen LogP contribution in [0.2, 0.25) is 0 Å². The van der Waals surface area contributed by atoms with E-state index in [1.165, 1.54) is 0 Å². The molecule has 10 nitrogen and oxygen atoms in total. The van der Waals surface area contributed by atoms with Gasteiger partial charge in [-0.15, -0.1) is 10.2 Å². The maximum absolute atomic E-state index is 13.4. The zero-order valence-corrected chi connectivity index (χ0v) is 16.7. The summed E-state index contributed by atoms with van der Waals surface area (Å²) >= 11 is 0. The summed E-state index contributed by atoms with van der Waals surface area (Å²) in [5.74, 6) is 0.250. The standard InChI is InChI=1S/C22H16N8O2/c31-22(21-29-28-20(32-21)13-5-8-23-9-6-13)30-10-7-16-17(26-12-25-16)18(30)19-24-11-14-3-1-2-4-15(14)27-19/h1-6,8-9,11-12,18H,7,10H2,(H,25,26)/t18-/m1/s1. The van der Waals surface area contributed by atoms with E-state index in [-0.39, 0.29) is 11.8 Å². The third-order valence-corrected chi connectivity index (χ3v) is 5.47. The first kappa shape index (κ1) is 18.3. The molecule has 1 N–H and O–H groups in total. The van der Waals surface area contributed by atoms with E-state index >= 15 is 0 Å². The smallest absolute Gasteiger partial charge is 0.312 e. The first-order valence-electron chi connectivity index (χ1n) is 10.1. The van der Waals surface area contributed by atoms with Gasteiger partial charge in [0.2, 0.25) is 5.89 Å². The summed E-state index contributed by atoms with van der Waals surface area (Å²) in [6.07, 6.45) is 7.25. The maximum atomic E-state index is 13.4. The number of pyridine rings is 1. The van der Waals surface area contributed by atoms with Gasteiger partial charge in [-0.2, -0.15) is 0 Å². The number of H-pyrrole nitrogens is 1. The molecule has 5 aromatic rings. The molecule has 0 aliphatic carbocycles. The second kappa shape index (κ2) is 7.34. The monoisotopic (exact) mass is 424 g/mol. The number of aromatic amines is 1. The van der Waals surface area contributed by atoms with E-state index in [0.717, 1.165) is 16.6 Å². The van der Waals surface area contributed by atoms with Gasteiger partial charge >= 0.3 is 11.8 Å². The van der Waals surface area contributed by atoms with Crippen molar-refractivity contribution in [2.45, 2.75) is 12.5 Å². The van der Waals surface area contributed by atoms with E-state index < -0.39 is 11.9 Å². The highest BCUT2D eigenvalue weighted by molar-refractivity contribution is 5.90.